The number of aromatic nitrogens is 1. The summed E-state index contributed by atoms with van der Waals surface area (Å²) in [4.78, 5) is 15.7. The molecule has 170 valence electrons. The topological polar surface area (TPSA) is 65.6 Å². The number of aromatic amines is 1. The van der Waals surface area contributed by atoms with Gasteiger partial charge in [0.25, 0.3) is 0 Å². The normalized spacial score (nSPS) is 19.9. The Bertz CT molecular complexity index is 1130. The number of likely N-dealkylation sites (tertiary alicyclic amines) is 1. The smallest absolute Gasteiger partial charge is 0.401 e. The van der Waals surface area contributed by atoms with Gasteiger partial charge >= 0.3 is 12.1 Å². The molecule has 2 aromatic carbocycles. The molecule has 1 aromatic heterocycles. The van der Waals surface area contributed by atoms with Gasteiger partial charge in [0.2, 0.25) is 0 Å². The van der Waals surface area contributed by atoms with Gasteiger partial charge in [0, 0.05) is 30.6 Å². The quantitative estimate of drug-likeness (QED) is 0.511. The number of ether oxygens (including phenoxy) is 1. The number of carbonyl (C=O) groups is 1. The number of aryl methyl sites for hydroxylation is 1. The summed E-state index contributed by atoms with van der Waals surface area (Å²) < 4.78 is 45.4. The maximum Gasteiger partial charge on any atom is 0.401 e. The van der Waals surface area contributed by atoms with E-state index in [9.17, 15) is 18.0 Å². The Labute approximate surface area is 187 Å². The lowest BCUT2D eigenvalue weighted by Crippen LogP contribution is -2.47. The molecule has 0 saturated carbocycles. The van der Waals surface area contributed by atoms with Crippen LogP contribution in [0.2, 0.25) is 5.02 Å². The maximum absolute atomic E-state index is 13.0. The predicted molar refractivity (Wildman–Crippen MR) is 116 cm³/mol. The molecule has 1 saturated heterocycles. The molecule has 32 heavy (non-hydrogen) atoms. The molecule has 0 unspecified atom stereocenters. The Kier molecular flexibility index (Phi) is 6.09. The second kappa shape index (κ2) is 8.67. The molecule has 0 aliphatic carbocycles. The SMILES string of the molecule is Cc1cc(Cl)c(O[C@@H]2CCN(CC(F)(F)F)C[C@H]2c2ccc(C(=O)O)cc2)c2cc[nH]c12. The fraction of sp³-hybridized carbons (Fsp3) is 0.348. The van der Waals surface area contributed by atoms with Crippen LogP contribution < -0.4 is 4.74 Å². The number of halogens is 4. The zero-order valence-corrected chi connectivity index (χ0v) is 18.0. The highest BCUT2D eigenvalue weighted by molar-refractivity contribution is 6.33. The highest BCUT2D eigenvalue weighted by Gasteiger charge is 2.38. The van der Waals surface area contributed by atoms with Crippen molar-refractivity contribution in [2.75, 3.05) is 19.6 Å². The van der Waals surface area contributed by atoms with Crippen LogP contribution in [-0.4, -0.2) is 52.9 Å². The van der Waals surface area contributed by atoms with Gasteiger partial charge in [0.05, 0.1) is 22.6 Å². The van der Waals surface area contributed by atoms with Gasteiger partial charge in [0.15, 0.2) is 0 Å². The first kappa shape index (κ1) is 22.5. The largest absolute Gasteiger partial charge is 0.487 e. The molecule has 0 spiro atoms. The summed E-state index contributed by atoms with van der Waals surface area (Å²) in [5, 5.41) is 10.4. The molecule has 2 atom stereocenters. The van der Waals surface area contributed by atoms with Gasteiger partial charge in [-0.3, -0.25) is 4.90 Å². The lowest BCUT2D eigenvalue weighted by atomic mass is 9.87. The fourth-order valence-electron chi connectivity index (χ4n) is 4.34. The molecule has 4 rings (SSSR count). The van der Waals surface area contributed by atoms with Crippen LogP contribution in [0.25, 0.3) is 10.9 Å². The number of carboxylic acids is 1. The summed E-state index contributed by atoms with van der Waals surface area (Å²) in [6, 6.07) is 9.86. The number of aromatic carboxylic acids is 1. The van der Waals surface area contributed by atoms with Crippen LogP contribution in [0.4, 0.5) is 13.2 Å². The summed E-state index contributed by atoms with van der Waals surface area (Å²) in [5.41, 5.74) is 2.69. The molecule has 0 radical (unpaired) electrons. The number of rotatable bonds is 5. The number of hydrogen-bond acceptors (Lipinski definition) is 3. The van der Waals surface area contributed by atoms with E-state index < -0.39 is 24.8 Å². The van der Waals surface area contributed by atoms with E-state index in [-0.39, 0.29) is 24.6 Å². The van der Waals surface area contributed by atoms with Crippen molar-refractivity contribution in [1.29, 1.82) is 0 Å². The van der Waals surface area contributed by atoms with Crippen LogP contribution in [0.1, 0.15) is 33.8 Å². The number of fused-ring (bicyclic) bond motifs is 1. The number of alkyl halides is 3. The van der Waals surface area contributed by atoms with Crippen LogP contribution in [0.5, 0.6) is 5.75 Å². The number of carboxylic acid groups (broad SMARTS) is 1. The molecule has 2 heterocycles. The molecule has 1 fully saturated rings. The lowest BCUT2D eigenvalue weighted by molar-refractivity contribution is -0.150. The summed E-state index contributed by atoms with van der Waals surface area (Å²) >= 11 is 6.49. The minimum absolute atomic E-state index is 0.116. The van der Waals surface area contributed by atoms with E-state index in [2.05, 4.69) is 4.98 Å². The van der Waals surface area contributed by atoms with Gasteiger partial charge in [-0.25, -0.2) is 4.79 Å². The first-order chi connectivity index (χ1) is 15.1. The van der Waals surface area contributed by atoms with Gasteiger partial charge in [0.1, 0.15) is 11.9 Å². The first-order valence-corrected chi connectivity index (χ1v) is 10.6. The minimum Gasteiger partial charge on any atom is -0.487 e. The Morgan fingerprint density at radius 2 is 2.00 bits per heavy atom. The molecule has 3 aromatic rings. The van der Waals surface area contributed by atoms with Crippen molar-refractivity contribution in [1.82, 2.24) is 9.88 Å². The van der Waals surface area contributed by atoms with Gasteiger partial charge in [-0.1, -0.05) is 23.7 Å². The van der Waals surface area contributed by atoms with Crippen molar-refractivity contribution in [3.8, 4) is 5.75 Å². The average Bonchev–Trinajstić information content (AvgIpc) is 3.21. The van der Waals surface area contributed by atoms with E-state index in [1.807, 2.05) is 13.0 Å². The molecule has 5 nitrogen and oxygen atoms in total. The monoisotopic (exact) mass is 466 g/mol. The van der Waals surface area contributed by atoms with Crippen molar-refractivity contribution < 1.29 is 27.8 Å². The van der Waals surface area contributed by atoms with Crippen LogP contribution >= 0.6 is 11.6 Å². The number of H-pyrrole nitrogens is 1. The summed E-state index contributed by atoms with van der Waals surface area (Å²) in [7, 11) is 0. The summed E-state index contributed by atoms with van der Waals surface area (Å²) in [5.74, 6) is -0.955. The van der Waals surface area contributed by atoms with E-state index >= 15 is 0 Å². The zero-order chi connectivity index (χ0) is 23.0. The minimum atomic E-state index is -4.30. The molecule has 9 heteroatoms. The predicted octanol–water partition coefficient (Wildman–Crippen LogP) is 5.63. The number of nitrogens with zero attached hydrogens (tertiary/aromatic N) is 1. The molecule has 0 bridgehead atoms. The van der Waals surface area contributed by atoms with E-state index in [0.29, 0.717) is 17.2 Å². The van der Waals surface area contributed by atoms with Gasteiger partial charge < -0.3 is 14.8 Å². The van der Waals surface area contributed by atoms with Crippen molar-refractivity contribution in [2.24, 2.45) is 0 Å². The third-order valence-electron chi connectivity index (χ3n) is 5.84. The Morgan fingerprint density at radius 1 is 1.28 bits per heavy atom. The summed E-state index contributed by atoms with van der Waals surface area (Å²) in [6.45, 7) is 1.29. The van der Waals surface area contributed by atoms with Crippen molar-refractivity contribution >= 4 is 28.5 Å². The Hall–Kier alpha value is -2.71. The second-order valence-corrected chi connectivity index (χ2v) is 8.51. The first-order valence-electron chi connectivity index (χ1n) is 10.2. The van der Waals surface area contributed by atoms with E-state index in [4.69, 9.17) is 21.4 Å². The number of nitrogens with one attached hydrogen (secondary N) is 1. The lowest BCUT2D eigenvalue weighted by Gasteiger charge is -2.39. The van der Waals surface area contributed by atoms with E-state index in [1.54, 1.807) is 24.4 Å². The summed E-state index contributed by atoms with van der Waals surface area (Å²) in [6.07, 6.45) is -2.57. The van der Waals surface area contributed by atoms with Crippen molar-refractivity contribution in [3.63, 3.8) is 0 Å². The molecular formula is C23H22ClF3N2O3. The standard InChI is InChI=1S/C23H22ClF3N2O3/c1-13-10-18(24)21(16-6-8-28-20(13)16)32-19-7-9-29(12-23(25,26)27)11-17(19)14-2-4-15(5-3-14)22(30)31/h2-6,8,10,17,19,28H,7,9,11-12H2,1H3,(H,30,31)/t17-,19+/m0/s1. The second-order valence-electron chi connectivity index (χ2n) is 8.10. The van der Waals surface area contributed by atoms with Crippen molar-refractivity contribution in [2.45, 2.75) is 31.5 Å². The Morgan fingerprint density at radius 3 is 2.66 bits per heavy atom. The Balaban J connectivity index is 1.67. The number of piperidine rings is 1. The van der Waals surface area contributed by atoms with Gasteiger partial charge in [-0.2, -0.15) is 13.2 Å². The average molecular weight is 467 g/mol. The highest BCUT2D eigenvalue weighted by Crippen LogP contribution is 2.39. The molecule has 1 aliphatic rings. The molecule has 1 aliphatic heterocycles. The van der Waals surface area contributed by atoms with Gasteiger partial charge in [-0.15, -0.1) is 0 Å². The molecule has 2 N–H and O–H groups in total. The van der Waals surface area contributed by atoms with Crippen molar-refractivity contribution in [3.05, 3.63) is 64.3 Å². The number of benzene rings is 2. The third-order valence-corrected chi connectivity index (χ3v) is 6.12. The van der Waals surface area contributed by atoms with Crippen LogP contribution in [-0.2, 0) is 0 Å². The van der Waals surface area contributed by atoms with E-state index in [1.165, 1.54) is 17.0 Å². The maximum atomic E-state index is 13.0. The fourth-order valence-corrected chi connectivity index (χ4v) is 4.65. The third kappa shape index (κ3) is 4.71. The highest BCUT2D eigenvalue weighted by atomic mass is 35.5. The zero-order valence-electron chi connectivity index (χ0n) is 17.2. The van der Waals surface area contributed by atoms with Crippen LogP contribution in [0.15, 0.2) is 42.6 Å². The van der Waals surface area contributed by atoms with Crippen LogP contribution in [0, 0.1) is 6.92 Å². The molecular weight excluding hydrogens is 445 g/mol. The van der Waals surface area contributed by atoms with Crippen LogP contribution in [0.3, 0.4) is 0 Å². The van der Waals surface area contributed by atoms with E-state index in [0.717, 1.165) is 22.0 Å². The number of hydrogen-bond donors (Lipinski definition) is 2. The molecule has 0 amide bonds. The van der Waals surface area contributed by atoms with Gasteiger partial charge in [-0.05, 0) is 48.7 Å².